The summed E-state index contributed by atoms with van der Waals surface area (Å²) in [5.74, 6) is -0.273. The minimum Gasteiger partial charge on any atom is -0.396 e. The van der Waals surface area contributed by atoms with Crippen molar-refractivity contribution in [2.75, 3.05) is 26.4 Å². The Morgan fingerprint density at radius 2 is 1.43 bits per heavy atom. The molecule has 0 aliphatic heterocycles. The van der Waals surface area contributed by atoms with Crippen molar-refractivity contribution in [2.45, 2.75) is 19.4 Å². The van der Waals surface area contributed by atoms with Gasteiger partial charge in [0.1, 0.15) is 0 Å². The lowest BCUT2D eigenvalue weighted by Gasteiger charge is -2.34. The summed E-state index contributed by atoms with van der Waals surface area (Å²) in [6.07, 6.45) is -0.646. The molecule has 14 heavy (non-hydrogen) atoms. The fraction of sp³-hybridized carbons (Fsp3) is 1.00. The molecule has 0 spiro atoms. The lowest BCUT2D eigenvalue weighted by atomic mass is 9.75. The molecule has 0 rings (SSSR count). The van der Waals surface area contributed by atoms with Gasteiger partial charge in [-0.05, 0) is 12.3 Å². The SMILES string of the molecule is CC(CC(O)CO)C(CO)(CO)CO. The van der Waals surface area contributed by atoms with Crippen molar-refractivity contribution >= 4 is 0 Å². The first-order chi connectivity index (χ1) is 6.56. The fourth-order valence-corrected chi connectivity index (χ4v) is 1.35. The lowest BCUT2D eigenvalue weighted by Crippen LogP contribution is -2.42. The normalized spacial score (nSPS) is 16.7. The highest BCUT2D eigenvalue weighted by Gasteiger charge is 2.35. The molecule has 0 aliphatic carbocycles. The van der Waals surface area contributed by atoms with Crippen LogP contribution in [0.15, 0.2) is 0 Å². The predicted octanol–water partition coefficient (Wildman–Crippen LogP) is -1.67. The largest absolute Gasteiger partial charge is 0.396 e. The van der Waals surface area contributed by atoms with Crippen molar-refractivity contribution in [3.8, 4) is 0 Å². The van der Waals surface area contributed by atoms with Gasteiger partial charge in [-0.1, -0.05) is 6.92 Å². The second kappa shape index (κ2) is 6.31. The summed E-state index contributed by atoms with van der Waals surface area (Å²) in [6, 6.07) is 0. The van der Waals surface area contributed by atoms with Gasteiger partial charge in [-0.3, -0.25) is 0 Å². The summed E-state index contributed by atoms with van der Waals surface area (Å²) in [5, 5.41) is 45.0. The van der Waals surface area contributed by atoms with E-state index in [-0.39, 0.29) is 38.8 Å². The molecule has 0 amide bonds. The van der Waals surface area contributed by atoms with Gasteiger partial charge in [0.15, 0.2) is 0 Å². The van der Waals surface area contributed by atoms with Crippen LogP contribution in [0.1, 0.15) is 13.3 Å². The maximum absolute atomic E-state index is 9.18. The van der Waals surface area contributed by atoms with Gasteiger partial charge in [-0.2, -0.15) is 0 Å². The highest BCUT2D eigenvalue weighted by atomic mass is 16.3. The number of hydrogen-bond donors (Lipinski definition) is 5. The second-order valence-electron chi connectivity index (χ2n) is 3.81. The van der Waals surface area contributed by atoms with Gasteiger partial charge in [-0.25, -0.2) is 0 Å². The monoisotopic (exact) mass is 208 g/mol. The van der Waals surface area contributed by atoms with Crippen LogP contribution in [0.2, 0.25) is 0 Å². The number of rotatable bonds is 7. The van der Waals surface area contributed by atoms with Crippen LogP contribution < -0.4 is 0 Å². The molecular formula is C9H20O5. The average Bonchev–Trinajstić information content (AvgIpc) is 2.21. The van der Waals surface area contributed by atoms with E-state index in [9.17, 15) is 5.11 Å². The van der Waals surface area contributed by atoms with Gasteiger partial charge in [-0.15, -0.1) is 0 Å². The molecule has 0 aromatic heterocycles. The zero-order chi connectivity index (χ0) is 11.2. The van der Waals surface area contributed by atoms with E-state index in [1.54, 1.807) is 6.92 Å². The maximum atomic E-state index is 9.18. The summed E-state index contributed by atoms with van der Waals surface area (Å²) < 4.78 is 0. The highest BCUT2D eigenvalue weighted by molar-refractivity contribution is 4.84. The first-order valence-corrected chi connectivity index (χ1v) is 4.67. The van der Waals surface area contributed by atoms with E-state index in [0.29, 0.717) is 0 Å². The number of aliphatic hydroxyl groups is 5. The quantitative estimate of drug-likeness (QED) is 0.344. The molecule has 0 aliphatic rings. The third-order valence-electron chi connectivity index (χ3n) is 2.83. The van der Waals surface area contributed by atoms with E-state index in [1.165, 1.54) is 0 Å². The van der Waals surface area contributed by atoms with Gasteiger partial charge < -0.3 is 25.5 Å². The van der Waals surface area contributed by atoms with Crippen LogP contribution >= 0.6 is 0 Å². The Morgan fingerprint density at radius 1 is 1.00 bits per heavy atom. The Morgan fingerprint density at radius 3 is 1.71 bits per heavy atom. The molecule has 0 bridgehead atoms. The first-order valence-electron chi connectivity index (χ1n) is 4.67. The van der Waals surface area contributed by atoms with Gasteiger partial charge in [0.2, 0.25) is 0 Å². The Kier molecular flexibility index (Phi) is 6.22. The van der Waals surface area contributed by atoms with Crippen LogP contribution in [0.5, 0.6) is 0 Å². The topological polar surface area (TPSA) is 101 Å². The Bertz CT molecular complexity index is 138. The van der Waals surface area contributed by atoms with Crippen molar-refractivity contribution in [1.82, 2.24) is 0 Å². The highest BCUT2D eigenvalue weighted by Crippen LogP contribution is 2.29. The molecular weight excluding hydrogens is 188 g/mol. The van der Waals surface area contributed by atoms with Gasteiger partial charge in [0.05, 0.1) is 32.5 Å². The Hall–Kier alpha value is -0.200. The van der Waals surface area contributed by atoms with Crippen molar-refractivity contribution in [1.29, 1.82) is 0 Å². The molecule has 0 fully saturated rings. The molecule has 2 unspecified atom stereocenters. The second-order valence-corrected chi connectivity index (χ2v) is 3.81. The molecule has 86 valence electrons. The maximum Gasteiger partial charge on any atom is 0.0773 e. The van der Waals surface area contributed by atoms with Crippen LogP contribution in [0, 0.1) is 11.3 Å². The molecule has 5 nitrogen and oxygen atoms in total. The van der Waals surface area contributed by atoms with E-state index in [4.69, 9.17) is 20.4 Å². The summed E-state index contributed by atoms with van der Waals surface area (Å²) in [6.45, 7) is 0.308. The minimum absolute atomic E-state index is 0.234. The summed E-state index contributed by atoms with van der Waals surface area (Å²) in [5.41, 5.74) is -0.990. The molecule has 0 heterocycles. The first kappa shape index (κ1) is 13.8. The molecule has 5 heteroatoms. The van der Waals surface area contributed by atoms with Crippen LogP contribution in [0.3, 0.4) is 0 Å². The van der Waals surface area contributed by atoms with E-state index >= 15 is 0 Å². The summed E-state index contributed by atoms with van der Waals surface area (Å²) >= 11 is 0. The summed E-state index contributed by atoms with van der Waals surface area (Å²) in [7, 11) is 0. The van der Waals surface area contributed by atoms with Crippen molar-refractivity contribution in [3.05, 3.63) is 0 Å². The van der Waals surface area contributed by atoms with E-state index in [2.05, 4.69) is 0 Å². The van der Waals surface area contributed by atoms with Crippen molar-refractivity contribution in [3.63, 3.8) is 0 Å². The third-order valence-corrected chi connectivity index (χ3v) is 2.83. The molecule has 0 radical (unpaired) electrons. The number of aliphatic hydroxyl groups excluding tert-OH is 5. The third kappa shape index (κ3) is 3.18. The van der Waals surface area contributed by atoms with Crippen LogP contribution in [-0.4, -0.2) is 58.1 Å². The minimum atomic E-state index is -0.990. The van der Waals surface area contributed by atoms with Crippen LogP contribution in [0.4, 0.5) is 0 Å². The van der Waals surface area contributed by atoms with Gasteiger partial charge in [0.25, 0.3) is 0 Å². The van der Waals surface area contributed by atoms with Crippen LogP contribution in [-0.2, 0) is 0 Å². The smallest absolute Gasteiger partial charge is 0.0773 e. The zero-order valence-electron chi connectivity index (χ0n) is 8.43. The average molecular weight is 208 g/mol. The van der Waals surface area contributed by atoms with Crippen molar-refractivity contribution in [2.24, 2.45) is 11.3 Å². The molecule has 0 aromatic rings. The zero-order valence-corrected chi connectivity index (χ0v) is 8.43. The standard InChI is InChI=1S/C9H20O5/c1-7(2-8(14)3-10)9(4-11,5-12)6-13/h7-8,10-14H,2-6H2,1H3. The van der Waals surface area contributed by atoms with Crippen LogP contribution in [0.25, 0.3) is 0 Å². The molecule has 0 saturated heterocycles. The molecule has 2 atom stereocenters. The summed E-state index contributed by atoms with van der Waals surface area (Å²) in [4.78, 5) is 0. The fourth-order valence-electron chi connectivity index (χ4n) is 1.35. The van der Waals surface area contributed by atoms with Gasteiger partial charge >= 0.3 is 0 Å². The van der Waals surface area contributed by atoms with Gasteiger partial charge in [0, 0.05) is 5.41 Å². The molecule has 5 N–H and O–H groups in total. The van der Waals surface area contributed by atoms with E-state index in [0.717, 1.165) is 0 Å². The Labute approximate surface area is 83.6 Å². The van der Waals surface area contributed by atoms with E-state index in [1.807, 2.05) is 0 Å². The molecule has 0 saturated carbocycles. The Balaban J connectivity index is 4.35. The molecule has 0 aromatic carbocycles. The van der Waals surface area contributed by atoms with Crippen molar-refractivity contribution < 1.29 is 25.5 Å². The van der Waals surface area contributed by atoms with E-state index < -0.39 is 11.5 Å². The predicted molar refractivity (Wildman–Crippen MR) is 50.6 cm³/mol. The lowest BCUT2D eigenvalue weighted by molar-refractivity contribution is -0.0508. The number of hydrogen-bond acceptors (Lipinski definition) is 5.